The highest BCUT2D eigenvalue weighted by molar-refractivity contribution is 5.69. The van der Waals surface area contributed by atoms with Crippen molar-refractivity contribution in [3.63, 3.8) is 0 Å². The van der Waals surface area contributed by atoms with Crippen molar-refractivity contribution in [2.45, 2.75) is 45.3 Å². The van der Waals surface area contributed by atoms with Crippen LogP contribution in [0.2, 0.25) is 0 Å². The number of rotatable bonds is 7. The van der Waals surface area contributed by atoms with Gasteiger partial charge in [-0.15, -0.1) is 0 Å². The summed E-state index contributed by atoms with van der Waals surface area (Å²) in [5.41, 5.74) is -0.449. The zero-order valence-electron chi connectivity index (χ0n) is 12.9. The van der Waals surface area contributed by atoms with Crippen LogP contribution in [0.25, 0.3) is 0 Å². The van der Waals surface area contributed by atoms with Crippen molar-refractivity contribution in [3.8, 4) is 0 Å². The molecule has 0 aliphatic carbocycles. The molecule has 1 unspecified atom stereocenters. The van der Waals surface area contributed by atoms with E-state index in [0.717, 1.165) is 32.5 Å². The fourth-order valence-electron chi connectivity index (χ4n) is 2.19. The largest absolute Gasteiger partial charge is 0.444 e. The Bertz CT molecular complexity index is 291. The van der Waals surface area contributed by atoms with Gasteiger partial charge in [0.2, 0.25) is 0 Å². The summed E-state index contributed by atoms with van der Waals surface area (Å²) in [5, 5.41) is 11.9. The highest BCUT2D eigenvalue weighted by Crippen LogP contribution is 2.20. The lowest BCUT2D eigenvalue weighted by Crippen LogP contribution is -2.44. The molecule has 1 heterocycles. The van der Waals surface area contributed by atoms with Gasteiger partial charge in [-0.25, -0.2) is 4.79 Å². The number of aliphatic hydroxyl groups is 1. The number of ether oxygens (including phenoxy) is 2. The summed E-state index contributed by atoms with van der Waals surface area (Å²) in [4.78, 5) is 13.9. The Morgan fingerprint density at radius 3 is 2.80 bits per heavy atom. The summed E-state index contributed by atoms with van der Waals surface area (Å²) < 4.78 is 10.6. The molecule has 0 aromatic heterocycles. The van der Waals surface area contributed by atoms with E-state index in [0.29, 0.717) is 13.2 Å². The highest BCUT2D eigenvalue weighted by atomic mass is 16.6. The van der Waals surface area contributed by atoms with Crippen LogP contribution < -0.4 is 5.32 Å². The van der Waals surface area contributed by atoms with Gasteiger partial charge < -0.3 is 24.8 Å². The van der Waals surface area contributed by atoms with Gasteiger partial charge in [-0.2, -0.15) is 0 Å². The molecule has 1 aliphatic heterocycles. The minimum absolute atomic E-state index is 0.0506. The van der Waals surface area contributed by atoms with Crippen molar-refractivity contribution in [2.75, 3.05) is 39.5 Å². The van der Waals surface area contributed by atoms with Crippen LogP contribution in [0.15, 0.2) is 0 Å². The van der Waals surface area contributed by atoms with Crippen molar-refractivity contribution in [3.05, 3.63) is 0 Å². The van der Waals surface area contributed by atoms with Crippen molar-refractivity contribution in [1.82, 2.24) is 10.2 Å². The molecular formula is C14H28N2O4. The molecule has 0 radical (unpaired) electrons. The van der Waals surface area contributed by atoms with Gasteiger partial charge in [-0.3, -0.25) is 0 Å². The molecule has 1 aliphatic rings. The maximum absolute atomic E-state index is 12.1. The number of likely N-dealkylation sites (tertiary alicyclic amines) is 1. The van der Waals surface area contributed by atoms with Crippen molar-refractivity contribution in [2.24, 2.45) is 0 Å². The van der Waals surface area contributed by atoms with Gasteiger partial charge in [0.25, 0.3) is 0 Å². The molecule has 118 valence electrons. The first kappa shape index (κ1) is 17.2. The maximum atomic E-state index is 12.1. The molecule has 1 amide bonds. The summed E-state index contributed by atoms with van der Waals surface area (Å²) in [6, 6.07) is 0.197. The molecule has 1 saturated heterocycles. The standard InChI is InChI=1S/C14H28N2O4/c1-14(2,3)20-13(18)16-7-4-5-12(16)11-15-6-9-19-10-8-17/h12,15,17H,4-11H2,1-3H3. The van der Waals surface area contributed by atoms with E-state index in [-0.39, 0.29) is 18.7 Å². The highest BCUT2D eigenvalue weighted by Gasteiger charge is 2.31. The van der Waals surface area contributed by atoms with E-state index in [1.807, 2.05) is 25.7 Å². The molecule has 0 bridgehead atoms. The lowest BCUT2D eigenvalue weighted by Gasteiger charge is -2.28. The molecule has 0 aromatic rings. The molecule has 2 N–H and O–H groups in total. The number of nitrogens with one attached hydrogen (secondary N) is 1. The summed E-state index contributed by atoms with van der Waals surface area (Å²) in [5.74, 6) is 0. The molecule has 1 atom stereocenters. The Kier molecular flexibility index (Phi) is 7.26. The Balaban J connectivity index is 2.25. The lowest BCUT2D eigenvalue weighted by atomic mass is 10.2. The van der Waals surface area contributed by atoms with Crippen LogP contribution in [0.5, 0.6) is 0 Å². The van der Waals surface area contributed by atoms with Crippen LogP contribution in [0.1, 0.15) is 33.6 Å². The smallest absolute Gasteiger partial charge is 0.410 e. The van der Waals surface area contributed by atoms with Crippen LogP contribution in [0, 0.1) is 0 Å². The molecule has 0 aromatic carbocycles. The van der Waals surface area contributed by atoms with E-state index in [1.165, 1.54) is 0 Å². The predicted octanol–water partition coefficient (Wildman–Crippen LogP) is 0.984. The number of nitrogens with zero attached hydrogens (tertiary/aromatic N) is 1. The van der Waals surface area contributed by atoms with Gasteiger partial charge in [0.15, 0.2) is 0 Å². The first-order chi connectivity index (χ1) is 9.44. The van der Waals surface area contributed by atoms with E-state index in [1.54, 1.807) is 0 Å². The lowest BCUT2D eigenvalue weighted by molar-refractivity contribution is 0.0224. The van der Waals surface area contributed by atoms with Gasteiger partial charge in [0.1, 0.15) is 5.60 Å². The fourth-order valence-corrected chi connectivity index (χ4v) is 2.19. The van der Waals surface area contributed by atoms with Gasteiger partial charge in [0.05, 0.1) is 19.8 Å². The molecule has 1 fully saturated rings. The SMILES string of the molecule is CC(C)(C)OC(=O)N1CCCC1CNCCOCCO. The first-order valence-corrected chi connectivity index (χ1v) is 7.33. The fraction of sp³-hybridized carbons (Fsp3) is 0.929. The molecule has 6 nitrogen and oxygen atoms in total. The third-order valence-corrected chi connectivity index (χ3v) is 3.04. The zero-order valence-corrected chi connectivity index (χ0v) is 12.9. The van der Waals surface area contributed by atoms with E-state index < -0.39 is 5.60 Å². The number of carbonyl (C=O) groups excluding carboxylic acids is 1. The van der Waals surface area contributed by atoms with Crippen LogP contribution >= 0.6 is 0 Å². The van der Waals surface area contributed by atoms with Crippen molar-refractivity contribution >= 4 is 6.09 Å². The monoisotopic (exact) mass is 288 g/mol. The maximum Gasteiger partial charge on any atom is 0.410 e. The van der Waals surface area contributed by atoms with E-state index in [9.17, 15) is 4.79 Å². The minimum Gasteiger partial charge on any atom is -0.444 e. The topological polar surface area (TPSA) is 71.0 Å². The second-order valence-corrected chi connectivity index (χ2v) is 6.01. The number of carbonyl (C=O) groups is 1. The van der Waals surface area contributed by atoms with Crippen LogP contribution in [-0.4, -0.2) is 67.2 Å². The third kappa shape index (κ3) is 6.54. The average molecular weight is 288 g/mol. The Hall–Kier alpha value is -0.850. The normalized spacial score (nSPS) is 19.4. The first-order valence-electron chi connectivity index (χ1n) is 7.33. The zero-order chi connectivity index (χ0) is 15.0. The number of hydrogen-bond acceptors (Lipinski definition) is 5. The van der Waals surface area contributed by atoms with E-state index in [2.05, 4.69) is 5.32 Å². The second kappa shape index (κ2) is 8.44. The van der Waals surface area contributed by atoms with Crippen LogP contribution in [-0.2, 0) is 9.47 Å². The predicted molar refractivity (Wildman–Crippen MR) is 76.7 cm³/mol. The minimum atomic E-state index is -0.449. The number of amides is 1. The quantitative estimate of drug-likeness (QED) is 0.684. The molecule has 6 heteroatoms. The van der Waals surface area contributed by atoms with Crippen LogP contribution in [0.3, 0.4) is 0 Å². The average Bonchev–Trinajstić information content (AvgIpc) is 2.80. The summed E-state index contributed by atoms with van der Waals surface area (Å²) in [7, 11) is 0. The van der Waals surface area contributed by atoms with Gasteiger partial charge in [-0.1, -0.05) is 0 Å². The molecule has 0 saturated carbocycles. The Labute approximate surface area is 121 Å². The van der Waals surface area contributed by atoms with Crippen molar-refractivity contribution in [1.29, 1.82) is 0 Å². The van der Waals surface area contributed by atoms with Crippen LogP contribution in [0.4, 0.5) is 4.79 Å². The van der Waals surface area contributed by atoms with Gasteiger partial charge in [0, 0.05) is 25.7 Å². The summed E-state index contributed by atoms with van der Waals surface area (Å²) in [6.45, 7) is 8.87. The number of hydrogen-bond donors (Lipinski definition) is 2. The third-order valence-electron chi connectivity index (χ3n) is 3.04. The number of aliphatic hydroxyl groups excluding tert-OH is 1. The molecule has 0 spiro atoms. The van der Waals surface area contributed by atoms with E-state index >= 15 is 0 Å². The summed E-state index contributed by atoms with van der Waals surface area (Å²) >= 11 is 0. The van der Waals surface area contributed by atoms with E-state index in [4.69, 9.17) is 14.6 Å². The van der Waals surface area contributed by atoms with Gasteiger partial charge >= 0.3 is 6.09 Å². The second-order valence-electron chi connectivity index (χ2n) is 6.01. The molecule has 20 heavy (non-hydrogen) atoms. The van der Waals surface area contributed by atoms with Crippen molar-refractivity contribution < 1.29 is 19.4 Å². The summed E-state index contributed by atoms with van der Waals surface area (Å²) in [6.07, 6.45) is 1.80. The Morgan fingerprint density at radius 1 is 1.40 bits per heavy atom. The molecular weight excluding hydrogens is 260 g/mol. The van der Waals surface area contributed by atoms with Gasteiger partial charge in [-0.05, 0) is 33.6 Å². The molecule has 1 rings (SSSR count). The Morgan fingerprint density at radius 2 is 2.15 bits per heavy atom.